The molecule has 182 valence electrons. The van der Waals surface area contributed by atoms with Crippen molar-refractivity contribution in [2.45, 2.75) is 13.0 Å². The molecule has 1 atom stereocenters. The average Bonchev–Trinajstić information content (AvgIpc) is 2.93. The molecule has 0 aliphatic rings. The van der Waals surface area contributed by atoms with Gasteiger partial charge >= 0.3 is 0 Å². The number of phenols is 1. The summed E-state index contributed by atoms with van der Waals surface area (Å²) in [6.07, 6.45) is 3.05. The van der Waals surface area contributed by atoms with Gasteiger partial charge in [-0.15, -0.1) is 0 Å². The maximum absolute atomic E-state index is 11.8. The molecule has 0 bridgehead atoms. The van der Waals surface area contributed by atoms with E-state index in [0.717, 1.165) is 27.8 Å². The zero-order valence-corrected chi connectivity index (χ0v) is 20.3. The Bertz CT molecular complexity index is 1630. The Hall–Kier alpha value is -5.16. The number of aromatic hydroxyl groups is 1. The van der Waals surface area contributed by atoms with E-state index in [2.05, 4.69) is 26.3 Å². The number of nitrogens with zero attached hydrogens (tertiary/aromatic N) is 4. The van der Waals surface area contributed by atoms with Gasteiger partial charge in [-0.25, -0.2) is 4.98 Å². The van der Waals surface area contributed by atoms with Crippen LogP contribution in [0.25, 0.3) is 33.2 Å². The van der Waals surface area contributed by atoms with Crippen LogP contribution in [0.15, 0.2) is 79.1 Å². The fourth-order valence-corrected chi connectivity index (χ4v) is 4.45. The van der Waals surface area contributed by atoms with Crippen molar-refractivity contribution in [2.24, 2.45) is 0 Å². The van der Waals surface area contributed by atoms with Crippen LogP contribution < -0.4 is 15.8 Å². The number of anilines is 2. The number of nitrogens with one attached hydrogen (secondary N) is 1. The molecule has 5 aromatic rings. The maximum atomic E-state index is 11.8. The van der Waals surface area contributed by atoms with Gasteiger partial charge < -0.3 is 20.9 Å². The summed E-state index contributed by atoms with van der Waals surface area (Å²) in [6.45, 7) is 1.95. The van der Waals surface area contributed by atoms with Crippen LogP contribution in [0.1, 0.15) is 24.1 Å². The van der Waals surface area contributed by atoms with Crippen LogP contribution in [-0.4, -0.2) is 27.2 Å². The van der Waals surface area contributed by atoms with Crippen LogP contribution >= 0.6 is 0 Å². The topological polar surface area (TPSA) is 130 Å². The van der Waals surface area contributed by atoms with E-state index >= 15 is 0 Å². The molecule has 0 saturated carbocycles. The first-order chi connectivity index (χ1) is 18.0. The van der Waals surface area contributed by atoms with Gasteiger partial charge in [0.25, 0.3) is 0 Å². The van der Waals surface area contributed by atoms with Gasteiger partial charge in [0.05, 0.1) is 31.2 Å². The van der Waals surface area contributed by atoms with Crippen LogP contribution in [0.2, 0.25) is 0 Å². The maximum Gasteiger partial charge on any atom is 0.222 e. The average molecular weight is 489 g/mol. The fraction of sp³-hybridized carbons (Fsp3) is 0.103. The van der Waals surface area contributed by atoms with Crippen molar-refractivity contribution in [3.8, 4) is 40.0 Å². The first-order valence-electron chi connectivity index (χ1n) is 11.6. The number of phenolic OH excluding ortho intramolecular Hbond substituents is 1. The Balaban J connectivity index is 1.72. The molecule has 1 unspecified atom stereocenters. The third kappa shape index (κ3) is 4.46. The van der Waals surface area contributed by atoms with Crippen molar-refractivity contribution in [1.82, 2.24) is 15.0 Å². The number of rotatable bonds is 6. The summed E-state index contributed by atoms with van der Waals surface area (Å²) in [5.41, 5.74) is 9.94. The second kappa shape index (κ2) is 9.84. The lowest BCUT2D eigenvalue weighted by Crippen LogP contribution is -2.12. The predicted octanol–water partition coefficient (Wildman–Crippen LogP) is 5.70. The molecule has 37 heavy (non-hydrogen) atoms. The largest absolute Gasteiger partial charge is 0.507 e. The molecule has 0 spiro atoms. The molecule has 0 saturated heterocycles. The van der Waals surface area contributed by atoms with E-state index < -0.39 is 0 Å². The van der Waals surface area contributed by atoms with Crippen LogP contribution in [0.5, 0.6) is 11.5 Å². The van der Waals surface area contributed by atoms with E-state index in [0.29, 0.717) is 22.5 Å². The number of nitriles is 1. The lowest BCUT2D eigenvalue weighted by atomic mass is 9.88. The van der Waals surface area contributed by atoms with E-state index in [1.807, 2.05) is 73.7 Å². The molecule has 8 nitrogen and oxygen atoms in total. The summed E-state index contributed by atoms with van der Waals surface area (Å²) in [4.78, 5) is 12.7. The molecular weight excluding hydrogens is 464 g/mol. The van der Waals surface area contributed by atoms with Crippen molar-refractivity contribution < 1.29 is 9.84 Å². The van der Waals surface area contributed by atoms with E-state index in [-0.39, 0.29) is 23.3 Å². The van der Waals surface area contributed by atoms with Crippen molar-refractivity contribution in [3.63, 3.8) is 0 Å². The molecule has 5 rings (SSSR count). The van der Waals surface area contributed by atoms with E-state index in [4.69, 9.17) is 10.5 Å². The zero-order chi connectivity index (χ0) is 25.9. The first-order valence-corrected chi connectivity index (χ1v) is 11.6. The Morgan fingerprint density at radius 1 is 1.03 bits per heavy atom. The Morgan fingerprint density at radius 2 is 1.84 bits per heavy atom. The molecule has 0 aliphatic carbocycles. The number of methoxy groups -OCH3 is 1. The van der Waals surface area contributed by atoms with Gasteiger partial charge in [0.15, 0.2) is 0 Å². The molecular formula is C29H24N6O2. The highest BCUT2D eigenvalue weighted by Crippen LogP contribution is 2.45. The summed E-state index contributed by atoms with van der Waals surface area (Å²) in [5, 5.41) is 26.2. The van der Waals surface area contributed by atoms with Crippen LogP contribution in [0, 0.1) is 11.3 Å². The highest BCUT2D eigenvalue weighted by atomic mass is 16.5. The number of nitrogens with two attached hydrogens (primary N) is 1. The number of pyridine rings is 1. The van der Waals surface area contributed by atoms with Gasteiger partial charge in [-0.3, -0.25) is 4.98 Å². The summed E-state index contributed by atoms with van der Waals surface area (Å²) >= 11 is 0. The Morgan fingerprint density at radius 3 is 2.54 bits per heavy atom. The Kier molecular flexibility index (Phi) is 6.27. The second-order valence-corrected chi connectivity index (χ2v) is 8.51. The number of benzene rings is 3. The molecule has 3 aromatic carbocycles. The van der Waals surface area contributed by atoms with E-state index in [1.54, 1.807) is 13.3 Å². The monoisotopic (exact) mass is 488 g/mol. The van der Waals surface area contributed by atoms with Crippen molar-refractivity contribution in [1.29, 1.82) is 5.26 Å². The Labute approximate surface area is 214 Å². The van der Waals surface area contributed by atoms with Crippen LogP contribution in [-0.2, 0) is 0 Å². The molecule has 8 heteroatoms. The molecule has 0 radical (unpaired) electrons. The third-order valence-electron chi connectivity index (χ3n) is 6.23. The molecule has 0 amide bonds. The quantitative estimate of drug-likeness (QED) is 0.277. The minimum Gasteiger partial charge on any atom is -0.507 e. The van der Waals surface area contributed by atoms with E-state index in [9.17, 15) is 10.4 Å². The van der Waals surface area contributed by atoms with Crippen molar-refractivity contribution in [3.05, 3.63) is 90.3 Å². The zero-order valence-electron chi connectivity index (χ0n) is 20.3. The lowest BCUT2D eigenvalue weighted by molar-refractivity contribution is 0.413. The highest BCUT2D eigenvalue weighted by molar-refractivity contribution is 6.05. The number of hydrogen-bond donors (Lipinski definition) is 3. The fourth-order valence-electron chi connectivity index (χ4n) is 4.45. The standard InChI is InChI=1S/C29H24N6O2/c1-17(34-28-20(14-30)15-33-29(31)35-28)23-13-19-9-6-10-22(24-12-11-21(37-2)16-32-24)26(19)27(36)25(23)18-7-4-3-5-8-18/h3-13,15-17,36H,1-2H3,(H3,31,33,34,35). The van der Waals surface area contributed by atoms with Gasteiger partial charge in [-0.1, -0.05) is 48.5 Å². The minimum absolute atomic E-state index is 0.0648. The summed E-state index contributed by atoms with van der Waals surface area (Å²) in [6, 6.07) is 23.0. The minimum atomic E-state index is -0.338. The van der Waals surface area contributed by atoms with Crippen LogP contribution in [0.3, 0.4) is 0 Å². The highest BCUT2D eigenvalue weighted by Gasteiger charge is 2.22. The number of aromatic nitrogens is 3. The normalized spacial score (nSPS) is 11.6. The van der Waals surface area contributed by atoms with Gasteiger partial charge in [-0.2, -0.15) is 10.2 Å². The number of ether oxygens (including phenoxy) is 1. The molecule has 2 heterocycles. The molecule has 0 aliphatic heterocycles. The van der Waals surface area contributed by atoms with Crippen molar-refractivity contribution >= 4 is 22.5 Å². The van der Waals surface area contributed by atoms with Gasteiger partial charge in [0.2, 0.25) is 5.95 Å². The second-order valence-electron chi connectivity index (χ2n) is 8.51. The van der Waals surface area contributed by atoms with Gasteiger partial charge in [0.1, 0.15) is 28.9 Å². The molecule has 4 N–H and O–H groups in total. The summed E-state index contributed by atoms with van der Waals surface area (Å²) in [5.74, 6) is 1.19. The SMILES string of the molecule is COc1ccc(-c2cccc3cc(C(C)Nc4nc(N)ncc4C#N)c(-c4ccccc4)c(O)c23)nc1. The molecule has 2 aromatic heterocycles. The lowest BCUT2D eigenvalue weighted by Gasteiger charge is -2.22. The van der Waals surface area contributed by atoms with E-state index in [1.165, 1.54) is 6.20 Å². The van der Waals surface area contributed by atoms with Crippen molar-refractivity contribution in [2.75, 3.05) is 18.2 Å². The summed E-state index contributed by atoms with van der Waals surface area (Å²) in [7, 11) is 1.60. The first kappa shape index (κ1) is 23.6. The predicted molar refractivity (Wildman–Crippen MR) is 144 cm³/mol. The van der Waals surface area contributed by atoms with Gasteiger partial charge in [0, 0.05) is 16.5 Å². The smallest absolute Gasteiger partial charge is 0.222 e. The number of nitrogen functional groups attached to an aromatic ring is 1. The number of fused-ring (bicyclic) bond motifs is 1. The molecule has 0 fully saturated rings. The summed E-state index contributed by atoms with van der Waals surface area (Å²) < 4.78 is 5.25. The third-order valence-corrected chi connectivity index (χ3v) is 6.23. The number of hydrogen-bond acceptors (Lipinski definition) is 8. The van der Waals surface area contributed by atoms with Gasteiger partial charge in [-0.05, 0) is 41.6 Å². The van der Waals surface area contributed by atoms with Crippen LogP contribution in [0.4, 0.5) is 11.8 Å².